The molecule has 182 valence electrons. The molecule has 0 bridgehead atoms. The van der Waals surface area contributed by atoms with Gasteiger partial charge >= 0.3 is 6.09 Å². The predicted octanol–water partition coefficient (Wildman–Crippen LogP) is 5.65. The Labute approximate surface area is 215 Å². The first kappa shape index (κ1) is 23.8. The zero-order valence-electron chi connectivity index (χ0n) is 20.1. The van der Waals surface area contributed by atoms with Crippen LogP contribution in [0.5, 0.6) is 0 Å². The number of nitrogens with one attached hydrogen (secondary N) is 2. The highest BCUT2D eigenvalue weighted by Crippen LogP contribution is 2.44. The van der Waals surface area contributed by atoms with Crippen molar-refractivity contribution in [2.75, 3.05) is 11.9 Å². The predicted molar refractivity (Wildman–Crippen MR) is 142 cm³/mol. The molecule has 2 N–H and O–H groups in total. The number of alkyl carbamates (subject to hydrolysis) is 1. The van der Waals surface area contributed by atoms with Crippen LogP contribution < -0.4 is 10.6 Å². The van der Waals surface area contributed by atoms with Crippen LogP contribution in [0.1, 0.15) is 28.2 Å². The highest BCUT2D eigenvalue weighted by Gasteiger charge is 2.30. The number of hydrogen-bond acceptors (Lipinski definition) is 4. The Balaban J connectivity index is 1.29. The van der Waals surface area contributed by atoms with Gasteiger partial charge in [0, 0.05) is 18.0 Å². The van der Waals surface area contributed by atoms with Gasteiger partial charge in [0.15, 0.2) is 0 Å². The number of carbonyl (C=O) groups is 2. The molecule has 1 aliphatic carbocycles. The van der Waals surface area contributed by atoms with E-state index in [-0.39, 0.29) is 18.4 Å². The van der Waals surface area contributed by atoms with Gasteiger partial charge in [-0.1, -0.05) is 78.9 Å². The van der Waals surface area contributed by atoms with Crippen molar-refractivity contribution >= 4 is 17.7 Å². The summed E-state index contributed by atoms with van der Waals surface area (Å²) in [4.78, 5) is 26.1. The maximum atomic E-state index is 13.1. The quantitative estimate of drug-likeness (QED) is 0.353. The summed E-state index contributed by atoms with van der Waals surface area (Å²) in [5.74, 6) is -0.444. The number of fused-ring (bicyclic) bond motifs is 3. The minimum Gasteiger partial charge on any atom is -0.449 e. The van der Waals surface area contributed by atoms with Gasteiger partial charge in [-0.2, -0.15) is 5.26 Å². The molecule has 0 saturated carbocycles. The van der Waals surface area contributed by atoms with E-state index < -0.39 is 12.1 Å². The highest BCUT2D eigenvalue weighted by molar-refractivity contribution is 5.96. The number of hydrogen-bond donors (Lipinski definition) is 2. The molecule has 37 heavy (non-hydrogen) atoms. The zero-order valence-corrected chi connectivity index (χ0v) is 20.1. The third kappa shape index (κ3) is 5.36. The van der Waals surface area contributed by atoms with Crippen LogP contribution in [-0.4, -0.2) is 24.6 Å². The molecule has 6 heteroatoms. The van der Waals surface area contributed by atoms with Crippen molar-refractivity contribution in [3.63, 3.8) is 0 Å². The molecule has 0 radical (unpaired) electrons. The second kappa shape index (κ2) is 10.8. The van der Waals surface area contributed by atoms with E-state index in [1.807, 2.05) is 54.6 Å². The van der Waals surface area contributed by atoms with E-state index in [4.69, 9.17) is 10.00 Å². The van der Waals surface area contributed by atoms with E-state index >= 15 is 0 Å². The Kier molecular flexibility index (Phi) is 6.95. The number of nitriles is 1. The first-order valence-corrected chi connectivity index (χ1v) is 12.1. The van der Waals surface area contributed by atoms with Crippen molar-refractivity contribution in [3.05, 3.63) is 125 Å². The number of anilines is 1. The number of amides is 2. The molecule has 0 aromatic heterocycles. The van der Waals surface area contributed by atoms with Crippen molar-refractivity contribution < 1.29 is 14.3 Å². The number of rotatable bonds is 7. The molecule has 0 heterocycles. The Bertz CT molecular complexity index is 1410. The van der Waals surface area contributed by atoms with E-state index in [0.29, 0.717) is 17.7 Å². The second-order valence-corrected chi connectivity index (χ2v) is 8.89. The van der Waals surface area contributed by atoms with Gasteiger partial charge < -0.3 is 15.4 Å². The SMILES string of the molecule is N#Cc1ccc(NC(=O)[C@H](Cc2ccccc2)NC(=O)OCC2c3ccccc3-c3ccccc32)cc1. The summed E-state index contributed by atoms with van der Waals surface area (Å²) in [5, 5.41) is 14.6. The standard InChI is InChI=1S/C31H25N3O3/c32-19-22-14-16-23(17-15-22)33-30(35)29(18-21-8-2-1-3-9-21)34-31(36)37-20-28-26-12-6-4-10-24(26)25-11-5-7-13-27(25)28/h1-17,28-29H,18,20H2,(H,33,35)(H,34,36)/t29-/m0/s1. The van der Waals surface area contributed by atoms with Crippen molar-refractivity contribution in [2.24, 2.45) is 0 Å². The summed E-state index contributed by atoms with van der Waals surface area (Å²) < 4.78 is 5.67. The minimum atomic E-state index is -0.853. The third-order valence-electron chi connectivity index (χ3n) is 6.52. The van der Waals surface area contributed by atoms with E-state index in [2.05, 4.69) is 41.0 Å². The van der Waals surface area contributed by atoms with E-state index in [1.165, 1.54) is 0 Å². The second-order valence-electron chi connectivity index (χ2n) is 8.89. The summed E-state index contributed by atoms with van der Waals surface area (Å²) in [6.07, 6.45) is -0.356. The molecule has 0 unspecified atom stereocenters. The van der Waals surface area contributed by atoms with Gasteiger partial charge in [0.25, 0.3) is 0 Å². The van der Waals surface area contributed by atoms with Gasteiger partial charge in [0.1, 0.15) is 12.6 Å². The molecule has 4 aromatic carbocycles. The minimum absolute atomic E-state index is 0.0711. The summed E-state index contributed by atoms with van der Waals surface area (Å²) in [5.41, 5.74) is 6.48. The lowest BCUT2D eigenvalue weighted by Gasteiger charge is -2.20. The lowest BCUT2D eigenvalue weighted by atomic mass is 9.98. The largest absolute Gasteiger partial charge is 0.449 e. The fourth-order valence-electron chi connectivity index (χ4n) is 4.70. The highest BCUT2D eigenvalue weighted by atomic mass is 16.5. The Morgan fingerprint density at radius 3 is 2.03 bits per heavy atom. The van der Waals surface area contributed by atoms with Gasteiger partial charge in [-0.05, 0) is 52.1 Å². The first-order valence-electron chi connectivity index (χ1n) is 12.1. The number of benzene rings is 4. The lowest BCUT2D eigenvalue weighted by Crippen LogP contribution is -2.45. The summed E-state index contributed by atoms with van der Waals surface area (Å²) in [6.45, 7) is 0.162. The van der Waals surface area contributed by atoms with Crippen molar-refractivity contribution in [3.8, 4) is 17.2 Å². The maximum Gasteiger partial charge on any atom is 0.407 e. The molecule has 1 aliphatic rings. The molecular weight excluding hydrogens is 462 g/mol. The van der Waals surface area contributed by atoms with Crippen LogP contribution in [-0.2, 0) is 16.0 Å². The number of carbonyl (C=O) groups excluding carboxylic acids is 2. The Morgan fingerprint density at radius 2 is 1.41 bits per heavy atom. The molecule has 0 spiro atoms. The molecule has 2 amide bonds. The van der Waals surface area contributed by atoms with Gasteiger partial charge in [0.05, 0.1) is 11.6 Å². The zero-order chi connectivity index (χ0) is 25.6. The smallest absolute Gasteiger partial charge is 0.407 e. The molecule has 0 aliphatic heterocycles. The molecule has 1 atom stereocenters. The molecule has 0 saturated heterocycles. The van der Waals surface area contributed by atoms with Crippen LogP contribution in [0.25, 0.3) is 11.1 Å². The average molecular weight is 488 g/mol. The topological polar surface area (TPSA) is 91.2 Å². The first-order chi connectivity index (χ1) is 18.1. The van der Waals surface area contributed by atoms with E-state index in [1.54, 1.807) is 24.3 Å². The van der Waals surface area contributed by atoms with Gasteiger partial charge in [-0.15, -0.1) is 0 Å². The van der Waals surface area contributed by atoms with Gasteiger partial charge in [-0.3, -0.25) is 4.79 Å². The molecule has 0 fully saturated rings. The fraction of sp³-hybridized carbons (Fsp3) is 0.129. The van der Waals surface area contributed by atoms with Crippen LogP contribution in [0.3, 0.4) is 0 Å². The van der Waals surface area contributed by atoms with Crippen LogP contribution >= 0.6 is 0 Å². The fourth-order valence-corrected chi connectivity index (χ4v) is 4.70. The van der Waals surface area contributed by atoms with Crippen LogP contribution in [0.4, 0.5) is 10.5 Å². The molecular formula is C31H25N3O3. The molecule has 4 aromatic rings. The molecule has 6 nitrogen and oxygen atoms in total. The van der Waals surface area contributed by atoms with Crippen LogP contribution in [0.15, 0.2) is 103 Å². The summed E-state index contributed by atoms with van der Waals surface area (Å²) in [6, 6.07) is 33.5. The van der Waals surface area contributed by atoms with Crippen molar-refractivity contribution in [1.82, 2.24) is 5.32 Å². The number of ether oxygens (including phenoxy) is 1. The third-order valence-corrected chi connectivity index (χ3v) is 6.52. The summed E-state index contributed by atoms with van der Waals surface area (Å²) >= 11 is 0. The average Bonchev–Trinajstić information content (AvgIpc) is 3.26. The van der Waals surface area contributed by atoms with Crippen molar-refractivity contribution in [1.29, 1.82) is 5.26 Å². The van der Waals surface area contributed by atoms with Crippen LogP contribution in [0.2, 0.25) is 0 Å². The Morgan fingerprint density at radius 1 is 0.811 bits per heavy atom. The lowest BCUT2D eigenvalue weighted by molar-refractivity contribution is -0.118. The maximum absolute atomic E-state index is 13.1. The normalized spacial score (nSPS) is 12.5. The summed E-state index contributed by atoms with van der Waals surface area (Å²) in [7, 11) is 0. The van der Waals surface area contributed by atoms with Crippen molar-refractivity contribution in [2.45, 2.75) is 18.4 Å². The van der Waals surface area contributed by atoms with E-state index in [9.17, 15) is 9.59 Å². The number of nitrogens with zero attached hydrogens (tertiary/aromatic N) is 1. The van der Waals surface area contributed by atoms with Gasteiger partial charge in [-0.25, -0.2) is 4.79 Å². The molecule has 5 rings (SSSR count). The monoisotopic (exact) mass is 487 g/mol. The van der Waals surface area contributed by atoms with Gasteiger partial charge in [0.2, 0.25) is 5.91 Å². The Hall–Kier alpha value is -4.89. The van der Waals surface area contributed by atoms with Crippen LogP contribution in [0, 0.1) is 11.3 Å². The van der Waals surface area contributed by atoms with E-state index in [0.717, 1.165) is 27.8 Å².